The van der Waals surface area contributed by atoms with E-state index in [1.54, 1.807) is 6.92 Å². The van der Waals surface area contributed by atoms with E-state index in [9.17, 15) is 21.6 Å². The summed E-state index contributed by atoms with van der Waals surface area (Å²) in [6.07, 6.45) is -4.21. The van der Waals surface area contributed by atoms with E-state index in [2.05, 4.69) is 26.2 Å². The number of nitrogens with zero attached hydrogens (tertiary/aromatic N) is 2. The highest BCUT2D eigenvalue weighted by Crippen LogP contribution is 2.27. The number of pyridine rings is 1. The van der Waals surface area contributed by atoms with Crippen LogP contribution in [0.1, 0.15) is 13.3 Å². The molecule has 1 N–H and O–H groups in total. The molecule has 21 heavy (non-hydrogen) atoms. The molecular weight excluding hydrogens is 375 g/mol. The van der Waals surface area contributed by atoms with Crippen LogP contribution in [0.3, 0.4) is 0 Å². The lowest BCUT2D eigenvalue weighted by atomic mass is 10.4. The van der Waals surface area contributed by atoms with Crippen LogP contribution in [0.25, 0.3) is 0 Å². The van der Waals surface area contributed by atoms with E-state index in [4.69, 9.17) is 0 Å². The molecular formula is C11H15BrF3N3O2S. The normalized spacial score (nSPS) is 12.7. The molecule has 1 heterocycles. The molecule has 1 aromatic heterocycles. The van der Waals surface area contributed by atoms with Crippen LogP contribution in [-0.2, 0) is 10.0 Å². The van der Waals surface area contributed by atoms with Crippen LogP contribution in [-0.4, -0.2) is 44.0 Å². The molecule has 0 aliphatic carbocycles. The summed E-state index contributed by atoms with van der Waals surface area (Å²) in [5, 5.41) is 2.78. The Kier molecular flexibility index (Phi) is 6.00. The Morgan fingerprint density at radius 3 is 2.57 bits per heavy atom. The molecule has 120 valence electrons. The topological polar surface area (TPSA) is 62.3 Å². The number of hydrogen-bond acceptors (Lipinski definition) is 4. The second kappa shape index (κ2) is 6.93. The number of aromatic nitrogens is 1. The molecule has 1 aromatic rings. The average molecular weight is 390 g/mol. The average Bonchev–Trinajstić information content (AvgIpc) is 2.37. The van der Waals surface area contributed by atoms with Crippen molar-refractivity contribution in [2.75, 3.05) is 25.5 Å². The summed E-state index contributed by atoms with van der Waals surface area (Å²) in [7, 11) is -2.95. The Hall–Kier alpha value is -0.870. The van der Waals surface area contributed by atoms with Crippen molar-refractivity contribution >= 4 is 31.8 Å². The van der Waals surface area contributed by atoms with E-state index in [-0.39, 0.29) is 10.7 Å². The number of hydrogen-bond donors (Lipinski definition) is 1. The number of anilines is 1. The molecule has 0 fully saturated rings. The first-order chi connectivity index (χ1) is 9.58. The molecule has 10 heteroatoms. The van der Waals surface area contributed by atoms with Crippen molar-refractivity contribution in [1.82, 2.24) is 9.29 Å². The summed E-state index contributed by atoms with van der Waals surface area (Å²) >= 11 is 3.11. The van der Waals surface area contributed by atoms with E-state index in [0.29, 0.717) is 15.3 Å². The van der Waals surface area contributed by atoms with Crippen LogP contribution < -0.4 is 5.32 Å². The maximum absolute atomic E-state index is 12.4. The van der Waals surface area contributed by atoms with Gasteiger partial charge in [-0.25, -0.2) is 17.7 Å². The first kappa shape index (κ1) is 18.2. The van der Waals surface area contributed by atoms with Gasteiger partial charge in [0.15, 0.2) is 0 Å². The van der Waals surface area contributed by atoms with E-state index < -0.39 is 29.2 Å². The molecule has 0 amide bonds. The summed E-state index contributed by atoms with van der Waals surface area (Å²) in [5.41, 5.74) is 0. The van der Waals surface area contributed by atoms with Crippen LogP contribution in [0.5, 0.6) is 0 Å². The monoisotopic (exact) mass is 389 g/mol. The molecule has 0 aliphatic rings. The van der Waals surface area contributed by atoms with Crippen molar-refractivity contribution in [3.05, 3.63) is 16.7 Å². The second-order valence-electron chi connectivity index (χ2n) is 4.22. The van der Waals surface area contributed by atoms with Crippen LogP contribution >= 0.6 is 15.9 Å². The van der Waals surface area contributed by atoms with E-state index in [0.717, 1.165) is 7.05 Å². The van der Waals surface area contributed by atoms with Crippen molar-refractivity contribution in [2.24, 2.45) is 0 Å². The van der Waals surface area contributed by atoms with Crippen LogP contribution in [0.4, 0.5) is 19.0 Å². The maximum atomic E-state index is 12.4. The summed E-state index contributed by atoms with van der Waals surface area (Å²) < 4.78 is 62.5. The van der Waals surface area contributed by atoms with Gasteiger partial charge < -0.3 is 5.32 Å². The minimum atomic E-state index is -4.41. The first-order valence-corrected chi connectivity index (χ1v) is 8.23. The molecule has 1 rings (SSSR count). The zero-order valence-electron chi connectivity index (χ0n) is 11.4. The van der Waals surface area contributed by atoms with Gasteiger partial charge in [-0.1, -0.05) is 0 Å². The van der Waals surface area contributed by atoms with E-state index >= 15 is 0 Å². The number of sulfonamides is 1. The maximum Gasteiger partial charge on any atom is 0.390 e. The summed E-state index contributed by atoms with van der Waals surface area (Å²) in [5.74, 6) is 0.111. The third-order valence-corrected chi connectivity index (χ3v) is 4.87. The quantitative estimate of drug-likeness (QED) is 0.812. The van der Waals surface area contributed by atoms with Gasteiger partial charge in [0, 0.05) is 30.8 Å². The molecule has 5 nitrogen and oxygen atoms in total. The summed E-state index contributed by atoms with van der Waals surface area (Å²) in [6, 6.07) is 1.31. The molecule has 0 aliphatic heterocycles. The van der Waals surface area contributed by atoms with Gasteiger partial charge in [-0.3, -0.25) is 0 Å². The highest BCUT2D eigenvalue weighted by Gasteiger charge is 2.31. The molecule has 0 saturated heterocycles. The Morgan fingerprint density at radius 2 is 2.05 bits per heavy atom. The minimum Gasteiger partial charge on any atom is -0.369 e. The van der Waals surface area contributed by atoms with Crippen LogP contribution in [0, 0.1) is 0 Å². The van der Waals surface area contributed by atoms with Gasteiger partial charge in [-0.05, 0) is 28.9 Å². The zero-order valence-corrected chi connectivity index (χ0v) is 13.8. The number of alkyl halides is 3. The lowest BCUT2D eigenvalue weighted by Gasteiger charge is -2.19. The molecule has 0 radical (unpaired) electrons. The van der Waals surface area contributed by atoms with Gasteiger partial charge >= 0.3 is 6.18 Å². The van der Waals surface area contributed by atoms with Crippen molar-refractivity contribution in [3.8, 4) is 0 Å². The Balaban J connectivity index is 3.09. The largest absolute Gasteiger partial charge is 0.390 e. The fourth-order valence-electron chi connectivity index (χ4n) is 1.49. The van der Waals surface area contributed by atoms with Crippen molar-refractivity contribution < 1.29 is 21.6 Å². The van der Waals surface area contributed by atoms with Crippen molar-refractivity contribution in [1.29, 1.82) is 0 Å². The lowest BCUT2D eigenvalue weighted by molar-refractivity contribution is -0.135. The number of rotatable bonds is 6. The Labute approximate surface area is 129 Å². The van der Waals surface area contributed by atoms with Gasteiger partial charge in [-0.2, -0.15) is 13.2 Å². The predicted octanol–water partition coefficient (Wildman–Crippen LogP) is 2.85. The van der Waals surface area contributed by atoms with E-state index in [1.807, 2.05) is 0 Å². The van der Waals surface area contributed by atoms with Crippen LogP contribution in [0.15, 0.2) is 21.6 Å². The Bertz CT molecular complexity index is 593. The number of nitrogens with one attached hydrogen (secondary N) is 1. The SMILES string of the molecule is CCNc1ncc(Br)cc1S(=O)(=O)N(C)CCC(F)(F)F. The molecule has 0 saturated carbocycles. The zero-order chi connectivity index (χ0) is 16.3. The molecule has 0 bridgehead atoms. The van der Waals surface area contributed by atoms with Gasteiger partial charge in [0.1, 0.15) is 10.7 Å². The fourth-order valence-corrected chi connectivity index (χ4v) is 3.29. The second-order valence-corrected chi connectivity index (χ2v) is 7.15. The summed E-state index contributed by atoms with van der Waals surface area (Å²) in [4.78, 5) is 3.78. The summed E-state index contributed by atoms with van der Waals surface area (Å²) in [6.45, 7) is 1.54. The lowest BCUT2D eigenvalue weighted by Crippen LogP contribution is -2.31. The molecule has 0 spiro atoms. The highest BCUT2D eigenvalue weighted by atomic mass is 79.9. The molecule has 0 aromatic carbocycles. The van der Waals surface area contributed by atoms with Crippen LogP contribution in [0.2, 0.25) is 0 Å². The van der Waals surface area contributed by atoms with Gasteiger partial charge in [-0.15, -0.1) is 0 Å². The highest BCUT2D eigenvalue weighted by molar-refractivity contribution is 9.10. The van der Waals surface area contributed by atoms with Gasteiger partial charge in [0.2, 0.25) is 10.0 Å². The third-order valence-electron chi connectivity index (χ3n) is 2.56. The molecule has 0 unspecified atom stereocenters. The smallest absolute Gasteiger partial charge is 0.369 e. The standard InChI is InChI=1S/C11H15BrF3N3O2S/c1-3-16-10-9(6-8(12)7-17-10)21(19,20)18(2)5-4-11(13,14)15/h6-7H,3-5H2,1-2H3,(H,16,17). The van der Waals surface area contributed by atoms with Crippen molar-refractivity contribution in [3.63, 3.8) is 0 Å². The Morgan fingerprint density at radius 1 is 1.43 bits per heavy atom. The number of halogens is 4. The first-order valence-electron chi connectivity index (χ1n) is 6.00. The van der Waals surface area contributed by atoms with Crippen molar-refractivity contribution in [2.45, 2.75) is 24.4 Å². The fraction of sp³-hybridized carbons (Fsp3) is 0.545. The molecule has 0 atom stereocenters. The van der Waals surface area contributed by atoms with E-state index in [1.165, 1.54) is 12.3 Å². The predicted molar refractivity (Wildman–Crippen MR) is 76.6 cm³/mol. The van der Waals surface area contributed by atoms with Gasteiger partial charge in [0.25, 0.3) is 0 Å². The third kappa shape index (κ3) is 5.11. The van der Waals surface area contributed by atoms with Gasteiger partial charge in [0.05, 0.1) is 6.42 Å². The minimum absolute atomic E-state index is 0.111.